The lowest BCUT2D eigenvalue weighted by molar-refractivity contribution is 0.0631. The number of nitriles is 1. The number of hydrogen-bond acceptors (Lipinski definition) is 3. The van der Waals surface area contributed by atoms with Crippen molar-refractivity contribution in [3.8, 4) is 6.07 Å². The zero-order chi connectivity index (χ0) is 16.2. The van der Waals surface area contributed by atoms with Crippen LogP contribution in [-0.4, -0.2) is 34.4 Å². The molecule has 4 rings (SSSR count). The van der Waals surface area contributed by atoms with Crippen LogP contribution >= 0.6 is 0 Å². The second-order valence-electron chi connectivity index (χ2n) is 6.84. The van der Waals surface area contributed by atoms with Gasteiger partial charge in [-0.25, -0.2) is 4.39 Å². The summed E-state index contributed by atoms with van der Waals surface area (Å²) in [6.45, 7) is 1.27. The number of aromatic amines is 1. The van der Waals surface area contributed by atoms with Crippen LogP contribution in [0.3, 0.4) is 0 Å². The lowest BCUT2D eigenvalue weighted by Gasteiger charge is -2.37. The number of H-pyrrole nitrogens is 1. The summed E-state index contributed by atoms with van der Waals surface area (Å²) in [4.78, 5) is 17.6. The second-order valence-corrected chi connectivity index (χ2v) is 6.84. The van der Waals surface area contributed by atoms with Crippen molar-refractivity contribution in [3.63, 3.8) is 0 Å². The van der Waals surface area contributed by atoms with Gasteiger partial charge in [-0.15, -0.1) is 0 Å². The number of halogens is 1. The van der Waals surface area contributed by atoms with E-state index in [9.17, 15) is 9.18 Å². The first kappa shape index (κ1) is 14.2. The lowest BCUT2D eigenvalue weighted by Crippen LogP contribution is -2.54. The van der Waals surface area contributed by atoms with Crippen molar-refractivity contribution in [2.45, 2.75) is 24.8 Å². The van der Waals surface area contributed by atoms with Crippen molar-refractivity contribution in [2.75, 3.05) is 13.1 Å². The van der Waals surface area contributed by atoms with E-state index in [0.717, 1.165) is 19.3 Å². The first-order valence-electron chi connectivity index (χ1n) is 7.78. The molecule has 1 aromatic heterocycles. The molecule has 2 heterocycles. The van der Waals surface area contributed by atoms with Crippen molar-refractivity contribution in [2.24, 2.45) is 11.7 Å². The summed E-state index contributed by atoms with van der Waals surface area (Å²) in [7, 11) is 0. The van der Waals surface area contributed by atoms with Crippen LogP contribution in [-0.2, 0) is 0 Å². The lowest BCUT2D eigenvalue weighted by atomic mass is 9.92. The minimum Gasteiger partial charge on any atom is -0.350 e. The highest BCUT2D eigenvalue weighted by Crippen LogP contribution is 2.38. The van der Waals surface area contributed by atoms with E-state index >= 15 is 0 Å². The molecule has 2 aliphatic rings. The molecule has 3 N–H and O–H groups in total. The number of carbonyl (C=O) groups excluding carboxylic acids is 1. The third-order valence-corrected chi connectivity index (χ3v) is 5.11. The molecule has 1 aliphatic heterocycles. The van der Waals surface area contributed by atoms with Gasteiger partial charge >= 0.3 is 0 Å². The van der Waals surface area contributed by atoms with Gasteiger partial charge in [-0.1, -0.05) is 0 Å². The van der Waals surface area contributed by atoms with E-state index in [1.165, 1.54) is 6.07 Å². The molecular weight excluding hydrogens is 295 g/mol. The Labute approximate surface area is 132 Å². The van der Waals surface area contributed by atoms with Gasteiger partial charge in [-0.2, -0.15) is 5.26 Å². The Morgan fingerprint density at radius 3 is 3.09 bits per heavy atom. The van der Waals surface area contributed by atoms with E-state index in [4.69, 9.17) is 11.0 Å². The summed E-state index contributed by atoms with van der Waals surface area (Å²) in [5, 5.41) is 9.55. The van der Waals surface area contributed by atoms with Crippen LogP contribution in [0.5, 0.6) is 0 Å². The molecule has 5 nitrogen and oxygen atoms in total. The van der Waals surface area contributed by atoms with E-state index < -0.39 is 5.82 Å². The number of carbonyl (C=O) groups is 1. The van der Waals surface area contributed by atoms with E-state index in [2.05, 4.69) is 4.98 Å². The number of piperidine rings is 1. The normalized spacial score (nSPS) is 26.5. The van der Waals surface area contributed by atoms with Crippen molar-refractivity contribution in [3.05, 3.63) is 35.3 Å². The highest BCUT2D eigenvalue weighted by molar-refractivity contribution is 5.99. The summed E-state index contributed by atoms with van der Waals surface area (Å²) >= 11 is 0. The number of fused-ring (bicyclic) bond motifs is 3. The maximum absolute atomic E-state index is 13.7. The minimum absolute atomic E-state index is 0.0354. The monoisotopic (exact) mass is 312 g/mol. The number of rotatable bonds is 1. The Bertz CT molecular complexity index is 852. The van der Waals surface area contributed by atoms with E-state index in [-0.39, 0.29) is 17.0 Å². The Morgan fingerprint density at radius 2 is 2.35 bits per heavy atom. The topological polar surface area (TPSA) is 85.9 Å². The summed E-state index contributed by atoms with van der Waals surface area (Å²) < 4.78 is 13.7. The van der Waals surface area contributed by atoms with Gasteiger partial charge in [0.1, 0.15) is 17.6 Å². The minimum atomic E-state index is -0.574. The van der Waals surface area contributed by atoms with Crippen LogP contribution in [0.2, 0.25) is 0 Å². The molecule has 0 spiro atoms. The zero-order valence-corrected chi connectivity index (χ0v) is 12.6. The molecule has 6 heteroatoms. The quantitative estimate of drug-likeness (QED) is 0.846. The summed E-state index contributed by atoms with van der Waals surface area (Å²) in [5.41, 5.74) is 7.02. The maximum atomic E-state index is 13.7. The van der Waals surface area contributed by atoms with Gasteiger partial charge in [-0.05, 0) is 43.4 Å². The number of benzene rings is 1. The average Bonchev–Trinajstić information content (AvgIpc) is 3.07. The number of hydrogen-bond donors (Lipinski definition) is 2. The fraction of sp³-hybridized carbons (Fsp3) is 0.412. The molecule has 23 heavy (non-hydrogen) atoms. The van der Waals surface area contributed by atoms with E-state index in [0.29, 0.717) is 35.6 Å². The number of aromatic nitrogens is 1. The van der Waals surface area contributed by atoms with Crippen molar-refractivity contribution >= 4 is 16.8 Å². The average molecular weight is 312 g/mol. The molecule has 2 bridgehead atoms. The first-order valence-corrected chi connectivity index (χ1v) is 7.78. The maximum Gasteiger partial charge on any atom is 0.270 e. The highest BCUT2D eigenvalue weighted by Gasteiger charge is 2.43. The molecule has 118 valence electrons. The van der Waals surface area contributed by atoms with Crippen molar-refractivity contribution in [1.29, 1.82) is 5.26 Å². The van der Waals surface area contributed by atoms with Crippen molar-refractivity contribution < 1.29 is 9.18 Å². The summed E-state index contributed by atoms with van der Waals surface area (Å²) in [6, 6.07) is 6.21. The molecule has 1 saturated carbocycles. The Balaban J connectivity index is 1.69. The fourth-order valence-electron chi connectivity index (χ4n) is 4.06. The predicted octanol–water partition coefficient (Wildman–Crippen LogP) is 2.13. The molecule has 1 aromatic carbocycles. The largest absolute Gasteiger partial charge is 0.350 e. The van der Waals surface area contributed by atoms with Gasteiger partial charge in [0.25, 0.3) is 5.91 Å². The van der Waals surface area contributed by atoms with Crippen LogP contribution in [0.25, 0.3) is 10.9 Å². The molecule has 2 aromatic rings. The molecular formula is C17H17FN4O. The van der Waals surface area contributed by atoms with Crippen LogP contribution in [0.4, 0.5) is 4.39 Å². The number of likely N-dealkylation sites (tertiary alicyclic amines) is 1. The Kier molecular flexibility index (Phi) is 2.97. The smallest absolute Gasteiger partial charge is 0.270 e. The fourth-order valence-corrected chi connectivity index (χ4v) is 4.06. The highest BCUT2D eigenvalue weighted by atomic mass is 19.1. The van der Waals surface area contributed by atoms with Gasteiger partial charge in [-0.3, -0.25) is 4.79 Å². The molecule has 0 radical (unpaired) electrons. The first-order chi connectivity index (χ1) is 11.0. The number of amides is 1. The third kappa shape index (κ3) is 2.20. The van der Waals surface area contributed by atoms with Crippen molar-refractivity contribution in [1.82, 2.24) is 9.88 Å². The Hall–Kier alpha value is -2.39. The molecule has 2 unspecified atom stereocenters. The second kappa shape index (κ2) is 4.80. The van der Waals surface area contributed by atoms with Gasteiger partial charge in [0, 0.05) is 29.5 Å². The molecule has 1 amide bonds. The van der Waals surface area contributed by atoms with E-state index in [1.54, 1.807) is 17.0 Å². The van der Waals surface area contributed by atoms with Crippen LogP contribution in [0, 0.1) is 23.1 Å². The summed E-state index contributed by atoms with van der Waals surface area (Å²) in [5.74, 6) is -0.240. The standard InChI is InChI=1S/C17H17FN4O/c18-13-1-2-14-11(12(13)7-19)5-15(21-14)16(23)22-8-10-3-4-17(20,6-10)9-22/h1-2,5,10,21H,3-4,6,8-9,20H2. The summed E-state index contributed by atoms with van der Waals surface area (Å²) in [6.07, 6.45) is 3.00. The molecule has 2 atom stereocenters. The number of nitrogens with one attached hydrogen (secondary N) is 1. The Morgan fingerprint density at radius 1 is 1.52 bits per heavy atom. The predicted molar refractivity (Wildman–Crippen MR) is 83.1 cm³/mol. The van der Waals surface area contributed by atoms with Crippen LogP contribution in [0.15, 0.2) is 18.2 Å². The third-order valence-electron chi connectivity index (χ3n) is 5.11. The molecule has 1 aliphatic carbocycles. The number of nitrogens with two attached hydrogens (primary N) is 1. The van der Waals surface area contributed by atoms with E-state index in [1.807, 2.05) is 6.07 Å². The van der Waals surface area contributed by atoms with Gasteiger partial charge in [0.05, 0.1) is 5.56 Å². The molecule has 2 fully saturated rings. The van der Waals surface area contributed by atoms with Gasteiger partial charge in [0.2, 0.25) is 0 Å². The van der Waals surface area contributed by atoms with Gasteiger partial charge in [0.15, 0.2) is 0 Å². The molecule has 1 saturated heterocycles. The SMILES string of the molecule is N#Cc1c(F)ccc2[nH]c(C(=O)N3CC4CCC(N)(C4)C3)cc12. The van der Waals surface area contributed by atoms with Crippen LogP contribution in [0.1, 0.15) is 35.3 Å². The van der Waals surface area contributed by atoms with Gasteiger partial charge < -0.3 is 15.6 Å². The number of nitrogens with zero attached hydrogens (tertiary/aromatic N) is 2. The zero-order valence-electron chi connectivity index (χ0n) is 12.6. The van der Waals surface area contributed by atoms with Crippen LogP contribution < -0.4 is 5.73 Å².